The van der Waals surface area contributed by atoms with Crippen molar-refractivity contribution in [3.05, 3.63) is 66.2 Å². The molecule has 0 bridgehead atoms. The van der Waals surface area contributed by atoms with Crippen LogP contribution in [0.15, 0.2) is 65.6 Å². The predicted octanol–water partition coefficient (Wildman–Crippen LogP) is 2.98. The monoisotopic (exact) mass is 416 g/mol. The molecule has 7 heteroatoms. The van der Waals surface area contributed by atoms with E-state index in [1.54, 1.807) is 30.3 Å². The lowest BCUT2D eigenvalue weighted by atomic mass is 9.90. The first-order chi connectivity index (χ1) is 14.0. The van der Waals surface area contributed by atoms with Crippen LogP contribution in [0, 0.1) is 5.92 Å². The Kier molecular flexibility index (Phi) is 7.41. The highest BCUT2D eigenvalue weighted by atomic mass is 32.2. The van der Waals surface area contributed by atoms with Gasteiger partial charge in [-0.2, -0.15) is 4.31 Å². The first kappa shape index (κ1) is 21.5. The van der Waals surface area contributed by atoms with Crippen molar-refractivity contribution in [3.63, 3.8) is 0 Å². The van der Waals surface area contributed by atoms with Gasteiger partial charge in [-0.15, -0.1) is 0 Å². The number of piperidine rings is 1. The number of nitrogens with zero attached hydrogens (tertiary/aromatic N) is 1. The van der Waals surface area contributed by atoms with Crippen LogP contribution >= 0.6 is 0 Å². The molecule has 1 amide bonds. The van der Waals surface area contributed by atoms with Gasteiger partial charge in [-0.1, -0.05) is 48.5 Å². The summed E-state index contributed by atoms with van der Waals surface area (Å²) in [6.07, 6.45) is 1.24. The highest BCUT2D eigenvalue weighted by molar-refractivity contribution is 7.89. The molecule has 29 heavy (non-hydrogen) atoms. The van der Waals surface area contributed by atoms with Gasteiger partial charge in [-0.3, -0.25) is 4.79 Å². The number of carbonyl (C=O) groups is 1. The molecular weight excluding hydrogens is 388 g/mol. The van der Waals surface area contributed by atoms with Crippen molar-refractivity contribution >= 4 is 15.9 Å². The van der Waals surface area contributed by atoms with Gasteiger partial charge in [0.2, 0.25) is 15.9 Å². The van der Waals surface area contributed by atoms with Crippen LogP contribution in [-0.4, -0.2) is 44.9 Å². The number of carbonyl (C=O) groups excluding carboxylic acids is 1. The molecule has 0 aliphatic carbocycles. The maximum absolute atomic E-state index is 13.4. The Morgan fingerprint density at radius 1 is 1.07 bits per heavy atom. The lowest BCUT2D eigenvalue weighted by Crippen LogP contribution is -2.47. The Hall–Kier alpha value is -2.22. The van der Waals surface area contributed by atoms with Crippen molar-refractivity contribution in [1.82, 2.24) is 9.62 Å². The summed E-state index contributed by atoms with van der Waals surface area (Å²) in [5.74, 6) is -0.500. The second-order valence-electron chi connectivity index (χ2n) is 7.08. The molecule has 6 nitrogen and oxygen atoms in total. The molecule has 3 rings (SSSR count). The number of hydrogen-bond acceptors (Lipinski definition) is 4. The van der Waals surface area contributed by atoms with Crippen molar-refractivity contribution in [3.8, 4) is 0 Å². The molecule has 2 aromatic carbocycles. The molecule has 1 fully saturated rings. The van der Waals surface area contributed by atoms with E-state index in [9.17, 15) is 13.2 Å². The van der Waals surface area contributed by atoms with Gasteiger partial charge in [0.25, 0.3) is 0 Å². The zero-order chi connectivity index (χ0) is 20.7. The van der Waals surface area contributed by atoms with Gasteiger partial charge in [-0.05, 0) is 37.5 Å². The first-order valence-electron chi connectivity index (χ1n) is 10.0. The molecule has 2 aromatic rings. The summed E-state index contributed by atoms with van der Waals surface area (Å²) in [7, 11) is -3.73. The molecule has 1 heterocycles. The molecule has 1 saturated heterocycles. The van der Waals surface area contributed by atoms with Crippen molar-refractivity contribution in [2.45, 2.75) is 30.7 Å². The average molecular weight is 417 g/mol. The molecule has 2 atom stereocenters. The van der Waals surface area contributed by atoms with E-state index < -0.39 is 10.0 Å². The number of nitrogens with one attached hydrogen (secondary N) is 1. The van der Waals surface area contributed by atoms with Gasteiger partial charge >= 0.3 is 0 Å². The van der Waals surface area contributed by atoms with Crippen molar-refractivity contribution in [1.29, 1.82) is 0 Å². The minimum absolute atomic E-state index is 0.121. The van der Waals surface area contributed by atoms with Gasteiger partial charge in [0, 0.05) is 19.7 Å². The highest BCUT2D eigenvalue weighted by Crippen LogP contribution is 2.37. The fourth-order valence-corrected chi connectivity index (χ4v) is 5.40. The Balaban J connectivity index is 1.83. The third-order valence-electron chi connectivity index (χ3n) is 5.19. The molecule has 0 aromatic heterocycles. The lowest BCUT2D eigenvalue weighted by Gasteiger charge is -2.38. The number of benzene rings is 2. The average Bonchev–Trinajstić information content (AvgIpc) is 2.77. The third kappa shape index (κ3) is 5.23. The summed E-state index contributed by atoms with van der Waals surface area (Å²) in [6, 6.07) is 17.8. The minimum atomic E-state index is -3.73. The van der Waals surface area contributed by atoms with E-state index in [4.69, 9.17) is 4.74 Å². The zero-order valence-corrected chi connectivity index (χ0v) is 17.5. The Morgan fingerprint density at radius 3 is 2.38 bits per heavy atom. The number of amides is 1. The van der Waals surface area contributed by atoms with Crippen LogP contribution in [0.4, 0.5) is 0 Å². The molecule has 1 aliphatic rings. The van der Waals surface area contributed by atoms with Gasteiger partial charge in [0.15, 0.2) is 0 Å². The Morgan fingerprint density at radius 2 is 1.72 bits per heavy atom. The van der Waals surface area contributed by atoms with Gasteiger partial charge < -0.3 is 10.1 Å². The summed E-state index contributed by atoms with van der Waals surface area (Å²) < 4.78 is 33.6. The first-order valence-corrected chi connectivity index (χ1v) is 11.5. The van der Waals surface area contributed by atoms with E-state index in [0.717, 1.165) is 5.56 Å². The highest BCUT2D eigenvalue weighted by Gasteiger charge is 2.39. The van der Waals surface area contributed by atoms with Crippen LogP contribution in [0.2, 0.25) is 0 Å². The summed E-state index contributed by atoms with van der Waals surface area (Å²) in [6.45, 7) is 3.54. The Labute approximate surface area is 172 Å². The van der Waals surface area contributed by atoms with Crippen molar-refractivity contribution in [2.24, 2.45) is 5.92 Å². The van der Waals surface area contributed by atoms with Crippen LogP contribution < -0.4 is 5.32 Å². The maximum atomic E-state index is 13.4. The fraction of sp³-hybridized carbons (Fsp3) is 0.409. The van der Waals surface area contributed by atoms with Crippen LogP contribution in [0.25, 0.3) is 0 Å². The van der Waals surface area contributed by atoms with E-state index >= 15 is 0 Å². The molecule has 0 spiro atoms. The number of hydrogen-bond donors (Lipinski definition) is 1. The molecule has 0 saturated carbocycles. The molecule has 156 valence electrons. The maximum Gasteiger partial charge on any atom is 0.243 e. The third-order valence-corrected chi connectivity index (χ3v) is 7.08. The number of ether oxygens (including phenoxy) is 1. The van der Waals surface area contributed by atoms with Crippen molar-refractivity contribution in [2.75, 3.05) is 26.3 Å². The van der Waals surface area contributed by atoms with Crippen LogP contribution in [0.5, 0.6) is 0 Å². The summed E-state index contributed by atoms with van der Waals surface area (Å²) >= 11 is 0. The molecule has 2 unspecified atom stereocenters. The van der Waals surface area contributed by atoms with Crippen LogP contribution in [0.1, 0.15) is 31.4 Å². The smallest absolute Gasteiger partial charge is 0.243 e. The van der Waals surface area contributed by atoms with E-state index in [-0.39, 0.29) is 29.3 Å². The normalized spacial score (nSPS) is 20.3. The van der Waals surface area contributed by atoms with Gasteiger partial charge in [0.1, 0.15) is 0 Å². The van der Waals surface area contributed by atoms with Gasteiger partial charge in [0.05, 0.1) is 23.5 Å². The second-order valence-corrected chi connectivity index (χ2v) is 8.97. The van der Waals surface area contributed by atoms with Gasteiger partial charge in [-0.25, -0.2) is 8.42 Å². The topological polar surface area (TPSA) is 75.7 Å². The summed E-state index contributed by atoms with van der Waals surface area (Å²) in [5, 5.41) is 2.87. The molecule has 1 N–H and O–H groups in total. The van der Waals surface area contributed by atoms with Crippen molar-refractivity contribution < 1.29 is 17.9 Å². The SMILES string of the molecule is CCOCCNC(=O)C1CCC(c2ccccc2)N(S(=O)(=O)c2ccccc2)C1. The van der Waals surface area contributed by atoms with E-state index in [1.807, 2.05) is 37.3 Å². The number of rotatable bonds is 8. The molecule has 1 aliphatic heterocycles. The molecular formula is C22H28N2O4S. The largest absolute Gasteiger partial charge is 0.380 e. The quantitative estimate of drug-likeness (QED) is 0.672. The molecule has 0 radical (unpaired) electrons. The predicted molar refractivity (Wildman–Crippen MR) is 112 cm³/mol. The number of sulfonamides is 1. The summed E-state index contributed by atoms with van der Waals surface area (Å²) in [5.41, 5.74) is 0.946. The lowest BCUT2D eigenvalue weighted by molar-refractivity contribution is -0.126. The van der Waals surface area contributed by atoms with Crippen LogP contribution in [-0.2, 0) is 19.6 Å². The fourth-order valence-electron chi connectivity index (χ4n) is 3.69. The van der Waals surface area contributed by atoms with Crippen LogP contribution in [0.3, 0.4) is 0 Å². The second kappa shape index (κ2) is 10.0. The van der Waals surface area contributed by atoms with E-state index in [2.05, 4.69) is 5.32 Å². The summed E-state index contributed by atoms with van der Waals surface area (Å²) in [4.78, 5) is 12.9. The van der Waals surface area contributed by atoms with E-state index in [1.165, 1.54) is 4.31 Å². The Bertz CT molecular complexity index is 888. The van der Waals surface area contributed by atoms with E-state index in [0.29, 0.717) is 32.6 Å². The standard InChI is InChI=1S/C22H28N2O4S/c1-2-28-16-15-23-22(25)19-13-14-21(18-9-5-3-6-10-18)24(17-19)29(26,27)20-11-7-4-8-12-20/h3-12,19,21H,2,13-17H2,1H3,(H,23,25). The minimum Gasteiger partial charge on any atom is -0.380 e. The zero-order valence-electron chi connectivity index (χ0n) is 16.7.